The highest BCUT2D eigenvalue weighted by Crippen LogP contribution is 2.32. The molecular formula is C19H12Cl2N2O2S. The summed E-state index contributed by atoms with van der Waals surface area (Å²) in [5.41, 5.74) is 1.36. The lowest BCUT2D eigenvalue weighted by atomic mass is 10.2. The Balaban J connectivity index is 1.86. The van der Waals surface area contributed by atoms with Crippen molar-refractivity contribution >= 4 is 57.8 Å². The summed E-state index contributed by atoms with van der Waals surface area (Å²) in [4.78, 5) is 17.1. The monoisotopic (exact) mass is 402 g/mol. The van der Waals surface area contributed by atoms with Gasteiger partial charge in [0, 0.05) is 15.6 Å². The fourth-order valence-electron chi connectivity index (χ4n) is 2.14. The Labute approximate surface area is 165 Å². The number of ether oxygens (including phenoxy) is 1. The lowest BCUT2D eigenvalue weighted by Crippen LogP contribution is -2.19. The van der Waals surface area contributed by atoms with Gasteiger partial charge in [0.1, 0.15) is 12.4 Å². The van der Waals surface area contributed by atoms with Gasteiger partial charge in [0.2, 0.25) is 0 Å². The van der Waals surface area contributed by atoms with E-state index in [2.05, 4.69) is 16.2 Å². The van der Waals surface area contributed by atoms with Crippen molar-refractivity contribution in [3.05, 3.63) is 63.0 Å². The second kappa shape index (κ2) is 8.33. The lowest BCUT2D eigenvalue weighted by Gasteiger charge is -2.07. The highest BCUT2D eigenvalue weighted by Gasteiger charge is 2.24. The van der Waals surface area contributed by atoms with Gasteiger partial charge in [-0.3, -0.25) is 4.79 Å². The van der Waals surface area contributed by atoms with Crippen molar-refractivity contribution in [2.24, 2.45) is 4.99 Å². The molecule has 0 spiro atoms. The van der Waals surface area contributed by atoms with E-state index in [4.69, 9.17) is 34.4 Å². The number of hydrogen-bond acceptors (Lipinski definition) is 4. The van der Waals surface area contributed by atoms with E-state index < -0.39 is 0 Å². The fraction of sp³-hybridized carbons (Fsp3) is 0.0526. The van der Waals surface area contributed by atoms with Gasteiger partial charge in [0.15, 0.2) is 5.17 Å². The van der Waals surface area contributed by atoms with Crippen LogP contribution < -0.4 is 10.1 Å². The van der Waals surface area contributed by atoms with Crippen molar-refractivity contribution in [2.45, 2.75) is 0 Å². The molecule has 1 amide bonds. The molecule has 1 heterocycles. The Bertz CT molecular complexity index is 947. The van der Waals surface area contributed by atoms with Gasteiger partial charge in [-0.15, -0.1) is 6.42 Å². The van der Waals surface area contributed by atoms with Crippen LogP contribution in [0.2, 0.25) is 10.0 Å². The third-order valence-corrected chi connectivity index (χ3v) is 4.67. The van der Waals surface area contributed by atoms with Gasteiger partial charge >= 0.3 is 0 Å². The van der Waals surface area contributed by atoms with E-state index in [9.17, 15) is 4.79 Å². The van der Waals surface area contributed by atoms with Gasteiger partial charge in [0.05, 0.1) is 10.6 Å². The zero-order chi connectivity index (χ0) is 18.5. The summed E-state index contributed by atoms with van der Waals surface area (Å²) in [5.74, 6) is 2.72. The Morgan fingerprint density at radius 1 is 1.19 bits per heavy atom. The lowest BCUT2D eigenvalue weighted by molar-refractivity contribution is -0.115. The smallest absolute Gasteiger partial charge is 0.264 e. The quantitative estimate of drug-likeness (QED) is 0.584. The minimum atomic E-state index is -0.245. The summed E-state index contributed by atoms with van der Waals surface area (Å²) in [6.45, 7) is 0.125. The number of terminal acetylenes is 1. The number of rotatable bonds is 4. The van der Waals surface area contributed by atoms with Crippen LogP contribution in [-0.2, 0) is 4.79 Å². The molecule has 0 unspecified atom stereocenters. The van der Waals surface area contributed by atoms with Crippen LogP contribution in [0, 0.1) is 12.3 Å². The molecule has 2 aromatic carbocycles. The number of nitrogens with zero attached hydrogens (tertiary/aromatic N) is 1. The Kier molecular flexibility index (Phi) is 5.89. The molecular weight excluding hydrogens is 391 g/mol. The van der Waals surface area contributed by atoms with Gasteiger partial charge in [-0.2, -0.15) is 0 Å². The average Bonchev–Trinajstić information content (AvgIpc) is 2.95. The van der Waals surface area contributed by atoms with Gasteiger partial charge in [-0.05, 0) is 60.3 Å². The summed E-state index contributed by atoms with van der Waals surface area (Å²) in [5, 5.41) is 4.37. The SMILES string of the molecule is C#CCOc1ccc(Cl)cc1/C=C1\SC(=Nc2ccc(Cl)cc2)NC1=O. The fourth-order valence-corrected chi connectivity index (χ4v) is 3.28. The maximum atomic E-state index is 12.2. The first-order valence-electron chi connectivity index (χ1n) is 7.46. The van der Waals surface area contributed by atoms with E-state index in [0.717, 1.165) is 0 Å². The second-order valence-corrected chi connectivity index (χ2v) is 7.04. The normalized spacial score (nSPS) is 16.6. The Morgan fingerprint density at radius 2 is 1.92 bits per heavy atom. The maximum Gasteiger partial charge on any atom is 0.264 e. The highest BCUT2D eigenvalue weighted by molar-refractivity contribution is 8.18. The van der Waals surface area contributed by atoms with Crippen molar-refractivity contribution < 1.29 is 9.53 Å². The second-order valence-electron chi connectivity index (χ2n) is 5.13. The molecule has 0 aromatic heterocycles. The summed E-state index contributed by atoms with van der Waals surface area (Å²) >= 11 is 13.1. The van der Waals surface area contributed by atoms with E-state index in [0.29, 0.717) is 37.1 Å². The predicted octanol–water partition coefficient (Wildman–Crippen LogP) is 4.90. The number of halogens is 2. The zero-order valence-corrected chi connectivity index (χ0v) is 15.7. The molecule has 0 bridgehead atoms. The molecule has 0 saturated carbocycles. The van der Waals surface area contributed by atoms with Crippen molar-refractivity contribution in [3.8, 4) is 18.1 Å². The molecule has 1 aliphatic heterocycles. The molecule has 1 saturated heterocycles. The zero-order valence-electron chi connectivity index (χ0n) is 13.3. The van der Waals surface area contributed by atoms with E-state index in [1.54, 1.807) is 48.5 Å². The predicted molar refractivity (Wildman–Crippen MR) is 108 cm³/mol. The van der Waals surface area contributed by atoms with Crippen molar-refractivity contribution in [3.63, 3.8) is 0 Å². The van der Waals surface area contributed by atoms with E-state index in [-0.39, 0.29) is 12.5 Å². The first-order valence-corrected chi connectivity index (χ1v) is 9.03. The van der Waals surface area contributed by atoms with E-state index in [1.807, 2.05) is 0 Å². The van der Waals surface area contributed by atoms with Gasteiger partial charge in [-0.1, -0.05) is 29.1 Å². The molecule has 7 heteroatoms. The molecule has 1 fully saturated rings. The number of carbonyl (C=O) groups excluding carboxylic acids is 1. The van der Waals surface area contributed by atoms with Crippen LogP contribution in [-0.4, -0.2) is 17.7 Å². The standard InChI is InChI=1S/C19H12Cl2N2O2S/c1-2-9-25-16-8-5-14(21)10-12(16)11-17-18(24)23-19(26-17)22-15-6-3-13(20)4-7-15/h1,3-8,10-11H,9H2,(H,22,23,24)/b17-11-. The average molecular weight is 403 g/mol. The van der Waals surface area contributed by atoms with Crippen molar-refractivity contribution in [2.75, 3.05) is 6.61 Å². The number of nitrogens with one attached hydrogen (secondary N) is 1. The first kappa shape index (κ1) is 18.4. The molecule has 1 N–H and O–H groups in total. The molecule has 0 atom stereocenters. The first-order chi connectivity index (χ1) is 12.5. The number of carbonyl (C=O) groups is 1. The van der Waals surface area contributed by atoms with Crippen molar-refractivity contribution in [1.82, 2.24) is 5.32 Å². The summed E-state index contributed by atoms with van der Waals surface area (Å²) < 4.78 is 5.50. The molecule has 26 heavy (non-hydrogen) atoms. The molecule has 3 rings (SSSR count). The van der Waals surface area contributed by atoms with Gasteiger partial charge in [0.25, 0.3) is 5.91 Å². The van der Waals surface area contributed by atoms with Crippen LogP contribution >= 0.6 is 35.0 Å². The molecule has 130 valence electrons. The minimum absolute atomic E-state index is 0.125. The molecule has 0 aliphatic carbocycles. The minimum Gasteiger partial charge on any atom is -0.480 e. The van der Waals surface area contributed by atoms with E-state index >= 15 is 0 Å². The van der Waals surface area contributed by atoms with Crippen LogP contribution in [0.4, 0.5) is 5.69 Å². The molecule has 1 aliphatic rings. The maximum absolute atomic E-state index is 12.2. The summed E-state index contributed by atoms with van der Waals surface area (Å²) in [6.07, 6.45) is 6.93. The summed E-state index contributed by atoms with van der Waals surface area (Å²) in [6, 6.07) is 12.1. The summed E-state index contributed by atoms with van der Waals surface area (Å²) in [7, 11) is 0. The highest BCUT2D eigenvalue weighted by atomic mass is 35.5. The number of thioether (sulfide) groups is 1. The number of hydrogen-bond donors (Lipinski definition) is 1. The van der Waals surface area contributed by atoms with Gasteiger partial charge in [-0.25, -0.2) is 4.99 Å². The van der Waals surface area contributed by atoms with Crippen LogP contribution in [0.3, 0.4) is 0 Å². The largest absolute Gasteiger partial charge is 0.480 e. The van der Waals surface area contributed by atoms with E-state index in [1.165, 1.54) is 11.8 Å². The van der Waals surface area contributed by atoms with Crippen molar-refractivity contribution in [1.29, 1.82) is 0 Å². The third kappa shape index (κ3) is 4.61. The van der Waals surface area contributed by atoms with Crippen LogP contribution in [0.5, 0.6) is 5.75 Å². The number of amides is 1. The van der Waals surface area contributed by atoms with Crippen LogP contribution in [0.25, 0.3) is 6.08 Å². The van der Waals surface area contributed by atoms with Crippen LogP contribution in [0.15, 0.2) is 52.4 Å². The molecule has 2 aromatic rings. The number of amidine groups is 1. The molecule has 4 nitrogen and oxygen atoms in total. The number of benzene rings is 2. The number of aliphatic imine (C=N–C) groups is 1. The van der Waals surface area contributed by atoms with Gasteiger partial charge < -0.3 is 10.1 Å². The molecule has 0 radical (unpaired) electrons. The Morgan fingerprint density at radius 3 is 2.65 bits per heavy atom. The topological polar surface area (TPSA) is 50.7 Å². The van der Waals surface area contributed by atoms with Crippen LogP contribution in [0.1, 0.15) is 5.56 Å². The Hall–Kier alpha value is -2.39. The third-order valence-electron chi connectivity index (χ3n) is 3.28.